The molecular formula is C11H18N2O. The summed E-state index contributed by atoms with van der Waals surface area (Å²) < 4.78 is 0. The van der Waals surface area contributed by atoms with Gasteiger partial charge in [0.15, 0.2) is 0 Å². The molecule has 0 fully saturated rings. The Kier molecular flexibility index (Phi) is 3.89. The third-order valence-corrected chi connectivity index (χ3v) is 2.34. The normalized spacial score (nSPS) is 19.2. The molecule has 1 aliphatic rings. The van der Waals surface area contributed by atoms with Crippen molar-refractivity contribution < 1.29 is 0 Å². The SMILES string of the molecule is CC.CC1CNCc2c[nH]c(=O)cc21. The summed E-state index contributed by atoms with van der Waals surface area (Å²) in [6, 6.07) is 1.71. The number of pyridine rings is 1. The van der Waals surface area contributed by atoms with Crippen LogP contribution < -0.4 is 10.9 Å². The number of aromatic amines is 1. The zero-order valence-corrected chi connectivity index (χ0v) is 9.05. The molecule has 0 spiro atoms. The Morgan fingerprint density at radius 1 is 1.43 bits per heavy atom. The van der Waals surface area contributed by atoms with Gasteiger partial charge in [0.25, 0.3) is 0 Å². The number of H-pyrrole nitrogens is 1. The number of fused-ring (bicyclic) bond motifs is 1. The van der Waals surface area contributed by atoms with E-state index in [9.17, 15) is 4.79 Å². The smallest absolute Gasteiger partial charge is 0.248 e. The first-order valence-corrected chi connectivity index (χ1v) is 5.19. The Bertz CT molecular complexity index is 343. The van der Waals surface area contributed by atoms with Gasteiger partial charge in [0.05, 0.1) is 0 Å². The summed E-state index contributed by atoms with van der Waals surface area (Å²) in [7, 11) is 0. The molecule has 14 heavy (non-hydrogen) atoms. The molecule has 0 bridgehead atoms. The summed E-state index contributed by atoms with van der Waals surface area (Å²) in [5.74, 6) is 0.455. The summed E-state index contributed by atoms with van der Waals surface area (Å²) in [5, 5.41) is 3.29. The molecule has 1 aromatic rings. The van der Waals surface area contributed by atoms with Crippen molar-refractivity contribution in [3.8, 4) is 0 Å². The van der Waals surface area contributed by atoms with Gasteiger partial charge >= 0.3 is 0 Å². The fourth-order valence-corrected chi connectivity index (χ4v) is 1.66. The van der Waals surface area contributed by atoms with Crippen LogP contribution in [0.5, 0.6) is 0 Å². The molecule has 2 rings (SSSR count). The van der Waals surface area contributed by atoms with Crippen LogP contribution in [0.15, 0.2) is 17.1 Å². The molecule has 78 valence electrons. The molecular weight excluding hydrogens is 176 g/mol. The topological polar surface area (TPSA) is 44.9 Å². The lowest BCUT2D eigenvalue weighted by Gasteiger charge is -2.22. The van der Waals surface area contributed by atoms with Gasteiger partial charge in [-0.25, -0.2) is 0 Å². The van der Waals surface area contributed by atoms with Crippen LogP contribution in [-0.2, 0) is 6.54 Å². The highest BCUT2D eigenvalue weighted by molar-refractivity contribution is 5.28. The molecule has 0 saturated heterocycles. The van der Waals surface area contributed by atoms with Crippen molar-refractivity contribution in [1.82, 2.24) is 10.3 Å². The van der Waals surface area contributed by atoms with E-state index < -0.39 is 0 Å². The molecule has 0 amide bonds. The molecule has 0 radical (unpaired) electrons. The van der Waals surface area contributed by atoms with E-state index in [0.717, 1.165) is 13.1 Å². The highest BCUT2D eigenvalue weighted by Gasteiger charge is 2.15. The quantitative estimate of drug-likeness (QED) is 0.659. The van der Waals surface area contributed by atoms with Crippen molar-refractivity contribution in [2.75, 3.05) is 6.54 Å². The maximum absolute atomic E-state index is 11.0. The molecule has 0 saturated carbocycles. The van der Waals surface area contributed by atoms with Crippen LogP contribution in [0.25, 0.3) is 0 Å². The van der Waals surface area contributed by atoms with Crippen LogP contribution >= 0.6 is 0 Å². The van der Waals surface area contributed by atoms with Crippen LogP contribution in [0.3, 0.4) is 0 Å². The van der Waals surface area contributed by atoms with Crippen molar-refractivity contribution in [2.24, 2.45) is 0 Å². The van der Waals surface area contributed by atoms with Crippen LogP contribution in [0.4, 0.5) is 0 Å². The molecule has 1 aliphatic heterocycles. The van der Waals surface area contributed by atoms with Gasteiger partial charge in [0, 0.05) is 25.4 Å². The van der Waals surface area contributed by atoms with Gasteiger partial charge in [0.2, 0.25) is 5.56 Å². The van der Waals surface area contributed by atoms with E-state index in [1.807, 2.05) is 13.8 Å². The average Bonchev–Trinajstić information content (AvgIpc) is 2.22. The second kappa shape index (κ2) is 4.96. The van der Waals surface area contributed by atoms with E-state index in [-0.39, 0.29) is 5.56 Å². The number of aromatic nitrogens is 1. The minimum absolute atomic E-state index is 0.00231. The Morgan fingerprint density at radius 2 is 2.14 bits per heavy atom. The van der Waals surface area contributed by atoms with E-state index in [2.05, 4.69) is 17.2 Å². The van der Waals surface area contributed by atoms with Gasteiger partial charge in [-0.15, -0.1) is 0 Å². The standard InChI is InChI=1S/C9H12N2O.C2H6/c1-6-3-10-4-7-5-11-9(12)2-8(6)7;1-2/h2,5-6,10H,3-4H2,1H3,(H,11,12);1-2H3. The van der Waals surface area contributed by atoms with Crippen molar-refractivity contribution in [2.45, 2.75) is 33.2 Å². The zero-order valence-electron chi connectivity index (χ0n) is 9.05. The first-order chi connectivity index (χ1) is 6.77. The van der Waals surface area contributed by atoms with Crippen LogP contribution in [-0.4, -0.2) is 11.5 Å². The van der Waals surface area contributed by atoms with Crippen molar-refractivity contribution in [3.63, 3.8) is 0 Å². The summed E-state index contributed by atoms with van der Waals surface area (Å²) in [6.45, 7) is 7.97. The zero-order chi connectivity index (χ0) is 10.6. The summed E-state index contributed by atoms with van der Waals surface area (Å²) in [5.41, 5.74) is 2.41. The summed E-state index contributed by atoms with van der Waals surface area (Å²) in [4.78, 5) is 13.7. The predicted octanol–water partition coefficient (Wildman–Crippen LogP) is 1.61. The predicted molar refractivity (Wildman–Crippen MR) is 58.5 cm³/mol. The minimum Gasteiger partial charge on any atom is -0.329 e. The molecule has 2 heterocycles. The van der Waals surface area contributed by atoms with Gasteiger partial charge in [-0.3, -0.25) is 4.79 Å². The Labute approximate surface area is 84.6 Å². The van der Waals surface area contributed by atoms with E-state index in [1.165, 1.54) is 11.1 Å². The Morgan fingerprint density at radius 3 is 2.86 bits per heavy atom. The lowest BCUT2D eigenvalue weighted by molar-refractivity contribution is 0.568. The number of hydrogen-bond donors (Lipinski definition) is 2. The Hall–Kier alpha value is -1.09. The van der Waals surface area contributed by atoms with Crippen molar-refractivity contribution >= 4 is 0 Å². The molecule has 1 aromatic heterocycles. The number of rotatable bonds is 0. The van der Waals surface area contributed by atoms with Crippen LogP contribution in [0.1, 0.15) is 37.8 Å². The second-order valence-electron chi connectivity index (χ2n) is 3.31. The van der Waals surface area contributed by atoms with E-state index in [0.29, 0.717) is 5.92 Å². The van der Waals surface area contributed by atoms with E-state index in [1.54, 1.807) is 12.3 Å². The molecule has 3 heteroatoms. The molecule has 1 unspecified atom stereocenters. The van der Waals surface area contributed by atoms with E-state index in [4.69, 9.17) is 0 Å². The molecule has 0 aromatic carbocycles. The number of hydrogen-bond acceptors (Lipinski definition) is 2. The van der Waals surface area contributed by atoms with E-state index >= 15 is 0 Å². The first-order valence-electron chi connectivity index (χ1n) is 5.19. The average molecular weight is 194 g/mol. The molecule has 3 nitrogen and oxygen atoms in total. The lowest BCUT2D eigenvalue weighted by Crippen LogP contribution is -2.28. The van der Waals surface area contributed by atoms with Crippen LogP contribution in [0.2, 0.25) is 0 Å². The van der Waals surface area contributed by atoms with Gasteiger partial charge in [-0.05, 0) is 17.0 Å². The maximum Gasteiger partial charge on any atom is 0.248 e. The van der Waals surface area contributed by atoms with Gasteiger partial charge < -0.3 is 10.3 Å². The maximum atomic E-state index is 11.0. The summed E-state index contributed by atoms with van der Waals surface area (Å²) in [6.07, 6.45) is 1.81. The van der Waals surface area contributed by atoms with Gasteiger partial charge in [-0.1, -0.05) is 20.8 Å². The minimum atomic E-state index is 0.00231. The Balaban J connectivity index is 0.000000461. The molecule has 2 N–H and O–H groups in total. The fraction of sp³-hybridized carbons (Fsp3) is 0.545. The summed E-state index contributed by atoms with van der Waals surface area (Å²) >= 11 is 0. The van der Waals surface area contributed by atoms with Crippen LogP contribution in [0, 0.1) is 0 Å². The first kappa shape index (κ1) is 11.0. The third kappa shape index (κ3) is 2.23. The molecule has 0 aliphatic carbocycles. The second-order valence-corrected chi connectivity index (χ2v) is 3.31. The third-order valence-electron chi connectivity index (χ3n) is 2.34. The van der Waals surface area contributed by atoms with Gasteiger partial charge in [0.1, 0.15) is 0 Å². The van der Waals surface area contributed by atoms with Crippen molar-refractivity contribution in [1.29, 1.82) is 0 Å². The highest BCUT2D eigenvalue weighted by atomic mass is 16.1. The highest BCUT2D eigenvalue weighted by Crippen LogP contribution is 2.20. The van der Waals surface area contributed by atoms with Gasteiger partial charge in [-0.2, -0.15) is 0 Å². The largest absolute Gasteiger partial charge is 0.329 e. The monoisotopic (exact) mass is 194 g/mol. The lowest BCUT2D eigenvalue weighted by atomic mass is 9.94. The fourth-order valence-electron chi connectivity index (χ4n) is 1.66. The molecule has 1 atom stereocenters. The van der Waals surface area contributed by atoms with Crippen molar-refractivity contribution in [3.05, 3.63) is 33.7 Å². The number of nitrogens with one attached hydrogen (secondary N) is 2.